The maximum Gasteiger partial charge on any atom is 0.220 e. The van der Waals surface area contributed by atoms with E-state index in [9.17, 15) is 4.79 Å². The Morgan fingerprint density at radius 2 is 1.80 bits per heavy atom. The molecular formula is C17H34N2O. The second-order valence-corrected chi connectivity index (χ2v) is 7.03. The van der Waals surface area contributed by atoms with E-state index in [2.05, 4.69) is 19.2 Å². The molecule has 0 aromatic carbocycles. The SMILES string of the molecule is CC(C)CC1(CNC(=O)CCCCCCN)CCCC1. The van der Waals surface area contributed by atoms with Gasteiger partial charge in [-0.05, 0) is 50.0 Å². The molecule has 3 nitrogen and oxygen atoms in total. The van der Waals surface area contributed by atoms with Crippen molar-refractivity contribution in [3.05, 3.63) is 0 Å². The van der Waals surface area contributed by atoms with Crippen LogP contribution in [0, 0.1) is 11.3 Å². The van der Waals surface area contributed by atoms with Gasteiger partial charge in [-0.25, -0.2) is 0 Å². The zero-order valence-electron chi connectivity index (χ0n) is 13.5. The van der Waals surface area contributed by atoms with E-state index in [1.807, 2.05) is 0 Å². The van der Waals surface area contributed by atoms with Gasteiger partial charge in [0.1, 0.15) is 0 Å². The molecule has 0 atom stereocenters. The molecule has 0 spiro atoms. The smallest absolute Gasteiger partial charge is 0.220 e. The Balaban J connectivity index is 2.20. The van der Waals surface area contributed by atoms with Crippen LogP contribution in [-0.2, 0) is 4.79 Å². The summed E-state index contributed by atoms with van der Waals surface area (Å²) in [6, 6.07) is 0. The number of carbonyl (C=O) groups excluding carboxylic acids is 1. The molecular weight excluding hydrogens is 248 g/mol. The fourth-order valence-corrected chi connectivity index (χ4v) is 3.60. The van der Waals surface area contributed by atoms with Gasteiger partial charge in [-0.3, -0.25) is 4.79 Å². The molecule has 1 rings (SSSR count). The van der Waals surface area contributed by atoms with E-state index in [1.165, 1.54) is 32.1 Å². The number of carbonyl (C=O) groups is 1. The molecule has 118 valence electrons. The maximum atomic E-state index is 11.9. The van der Waals surface area contributed by atoms with E-state index in [-0.39, 0.29) is 5.91 Å². The fourth-order valence-electron chi connectivity index (χ4n) is 3.60. The molecule has 20 heavy (non-hydrogen) atoms. The van der Waals surface area contributed by atoms with Gasteiger partial charge in [0, 0.05) is 13.0 Å². The third-order valence-corrected chi connectivity index (χ3v) is 4.52. The van der Waals surface area contributed by atoms with Gasteiger partial charge in [0.15, 0.2) is 0 Å². The van der Waals surface area contributed by atoms with E-state index in [0.717, 1.165) is 44.7 Å². The highest BCUT2D eigenvalue weighted by atomic mass is 16.1. The van der Waals surface area contributed by atoms with Crippen LogP contribution in [0.15, 0.2) is 0 Å². The zero-order chi connectivity index (χ0) is 14.8. The summed E-state index contributed by atoms with van der Waals surface area (Å²) in [6.45, 7) is 6.25. The van der Waals surface area contributed by atoms with Crippen molar-refractivity contribution < 1.29 is 4.79 Å². The predicted molar refractivity (Wildman–Crippen MR) is 85.5 cm³/mol. The van der Waals surface area contributed by atoms with Gasteiger partial charge >= 0.3 is 0 Å². The van der Waals surface area contributed by atoms with Crippen LogP contribution < -0.4 is 11.1 Å². The molecule has 1 aliphatic rings. The van der Waals surface area contributed by atoms with Gasteiger partial charge in [0.05, 0.1) is 0 Å². The lowest BCUT2D eigenvalue weighted by Crippen LogP contribution is -2.36. The summed E-state index contributed by atoms with van der Waals surface area (Å²) < 4.78 is 0. The molecule has 3 N–H and O–H groups in total. The number of nitrogens with two attached hydrogens (primary N) is 1. The summed E-state index contributed by atoms with van der Waals surface area (Å²) in [7, 11) is 0. The Morgan fingerprint density at radius 1 is 1.15 bits per heavy atom. The van der Waals surface area contributed by atoms with Gasteiger partial charge in [0.25, 0.3) is 0 Å². The molecule has 0 bridgehead atoms. The van der Waals surface area contributed by atoms with Crippen LogP contribution in [0.2, 0.25) is 0 Å². The minimum absolute atomic E-state index is 0.243. The van der Waals surface area contributed by atoms with Gasteiger partial charge in [-0.15, -0.1) is 0 Å². The Labute approximate surface area is 125 Å². The maximum absolute atomic E-state index is 11.9. The van der Waals surface area contributed by atoms with E-state index in [4.69, 9.17) is 5.73 Å². The summed E-state index contributed by atoms with van der Waals surface area (Å²) in [5.74, 6) is 0.967. The number of unbranched alkanes of at least 4 members (excludes halogenated alkanes) is 3. The first kappa shape index (κ1) is 17.5. The predicted octanol–water partition coefficient (Wildman–Crippen LogP) is 3.62. The standard InChI is InChI=1S/C17H34N2O/c1-15(2)13-17(10-6-7-11-17)14-19-16(20)9-5-3-4-8-12-18/h15H,3-14,18H2,1-2H3,(H,19,20). The molecule has 0 unspecified atom stereocenters. The summed E-state index contributed by atoms with van der Waals surface area (Å²) in [6.07, 6.45) is 11.6. The van der Waals surface area contributed by atoms with Crippen LogP contribution in [0.4, 0.5) is 0 Å². The number of amides is 1. The van der Waals surface area contributed by atoms with Crippen molar-refractivity contribution in [2.75, 3.05) is 13.1 Å². The van der Waals surface area contributed by atoms with Gasteiger partial charge < -0.3 is 11.1 Å². The van der Waals surface area contributed by atoms with Crippen molar-refractivity contribution in [2.24, 2.45) is 17.1 Å². The van der Waals surface area contributed by atoms with Crippen LogP contribution in [0.1, 0.15) is 78.1 Å². The van der Waals surface area contributed by atoms with Gasteiger partial charge in [0.2, 0.25) is 5.91 Å². The minimum Gasteiger partial charge on any atom is -0.356 e. The average Bonchev–Trinajstić information content (AvgIpc) is 2.84. The highest BCUT2D eigenvalue weighted by Gasteiger charge is 2.34. The molecule has 0 aliphatic heterocycles. The first-order valence-corrected chi connectivity index (χ1v) is 8.55. The molecule has 1 fully saturated rings. The van der Waals surface area contributed by atoms with E-state index in [0.29, 0.717) is 11.8 Å². The number of rotatable bonds is 10. The minimum atomic E-state index is 0.243. The van der Waals surface area contributed by atoms with E-state index < -0.39 is 0 Å². The second kappa shape index (κ2) is 9.38. The molecule has 0 saturated heterocycles. The summed E-state index contributed by atoms with van der Waals surface area (Å²) >= 11 is 0. The number of hydrogen-bond donors (Lipinski definition) is 2. The molecule has 1 aliphatic carbocycles. The van der Waals surface area contributed by atoms with Gasteiger partial charge in [-0.2, -0.15) is 0 Å². The third-order valence-electron chi connectivity index (χ3n) is 4.52. The first-order chi connectivity index (χ1) is 9.58. The lowest BCUT2D eigenvalue weighted by Gasteiger charge is -2.31. The molecule has 0 radical (unpaired) electrons. The number of hydrogen-bond acceptors (Lipinski definition) is 2. The highest BCUT2D eigenvalue weighted by Crippen LogP contribution is 2.42. The largest absolute Gasteiger partial charge is 0.356 e. The molecule has 1 amide bonds. The first-order valence-electron chi connectivity index (χ1n) is 8.55. The van der Waals surface area contributed by atoms with Crippen LogP contribution in [0.5, 0.6) is 0 Å². The average molecular weight is 282 g/mol. The fraction of sp³-hybridized carbons (Fsp3) is 0.941. The highest BCUT2D eigenvalue weighted by molar-refractivity contribution is 5.75. The second-order valence-electron chi connectivity index (χ2n) is 7.03. The third kappa shape index (κ3) is 6.74. The molecule has 3 heteroatoms. The van der Waals surface area contributed by atoms with E-state index in [1.54, 1.807) is 0 Å². The Hall–Kier alpha value is -0.570. The topological polar surface area (TPSA) is 55.1 Å². The zero-order valence-corrected chi connectivity index (χ0v) is 13.5. The Bertz CT molecular complexity index is 270. The normalized spacial score (nSPS) is 17.6. The summed E-state index contributed by atoms with van der Waals surface area (Å²) in [4.78, 5) is 11.9. The lowest BCUT2D eigenvalue weighted by molar-refractivity contribution is -0.121. The monoisotopic (exact) mass is 282 g/mol. The number of nitrogens with one attached hydrogen (secondary N) is 1. The molecule has 0 aromatic heterocycles. The van der Waals surface area contributed by atoms with Crippen molar-refractivity contribution in [2.45, 2.75) is 78.1 Å². The van der Waals surface area contributed by atoms with Crippen LogP contribution in [-0.4, -0.2) is 19.0 Å². The van der Waals surface area contributed by atoms with Crippen molar-refractivity contribution in [1.29, 1.82) is 0 Å². The van der Waals surface area contributed by atoms with Crippen LogP contribution in [0.25, 0.3) is 0 Å². The van der Waals surface area contributed by atoms with E-state index >= 15 is 0 Å². The van der Waals surface area contributed by atoms with Gasteiger partial charge in [-0.1, -0.05) is 39.5 Å². The van der Waals surface area contributed by atoms with Crippen molar-refractivity contribution >= 4 is 5.91 Å². The summed E-state index contributed by atoms with van der Waals surface area (Å²) in [5.41, 5.74) is 5.86. The van der Waals surface area contributed by atoms with Crippen LogP contribution >= 0.6 is 0 Å². The summed E-state index contributed by atoms with van der Waals surface area (Å²) in [5, 5.41) is 3.20. The van der Waals surface area contributed by atoms with Crippen molar-refractivity contribution in [3.63, 3.8) is 0 Å². The molecule has 1 saturated carbocycles. The van der Waals surface area contributed by atoms with Crippen LogP contribution in [0.3, 0.4) is 0 Å². The Kier molecular flexibility index (Phi) is 8.20. The van der Waals surface area contributed by atoms with Crippen molar-refractivity contribution in [1.82, 2.24) is 5.32 Å². The van der Waals surface area contributed by atoms with Crippen molar-refractivity contribution in [3.8, 4) is 0 Å². The molecule has 0 aromatic rings. The lowest BCUT2D eigenvalue weighted by atomic mass is 9.78. The Morgan fingerprint density at radius 3 is 2.40 bits per heavy atom. The molecule has 0 heterocycles. The quantitative estimate of drug-likeness (QED) is 0.601.